The van der Waals surface area contributed by atoms with E-state index in [4.69, 9.17) is 15.0 Å². The van der Waals surface area contributed by atoms with Gasteiger partial charge in [0.1, 0.15) is 6.10 Å². The van der Waals surface area contributed by atoms with Crippen LogP contribution < -0.4 is 5.73 Å². The summed E-state index contributed by atoms with van der Waals surface area (Å²) in [6.07, 6.45) is 6.97. The van der Waals surface area contributed by atoms with Crippen molar-refractivity contribution in [2.45, 2.75) is 63.6 Å². The van der Waals surface area contributed by atoms with Crippen molar-refractivity contribution in [1.29, 1.82) is 0 Å². The average Bonchev–Trinajstić information content (AvgIpc) is 3.07. The van der Waals surface area contributed by atoms with E-state index in [0.29, 0.717) is 18.4 Å². The molecular formula is C14H23N3O2. The van der Waals surface area contributed by atoms with Crippen LogP contribution in [0.25, 0.3) is 0 Å². The minimum atomic E-state index is -0.0455. The van der Waals surface area contributed by atoms with E-state index in [-0.39, 0.29) is 12.2 Å². The molecule has 106 valence electrons. The summed E-state index contributed by atoms with van der Waals surface area (Å²) in [6.45, 7) is 2.87. The molecule has 1 saturated carbocycles. The lowest BCUT2D eigenvalue weighted by atomic mass is 9.82. The van der Waals surface area contributed by atoms with Gasteiger partial charge < -0.3 is 15.0 Å². The number of hydrogen-bond donors (Lipinski definition) is 1. The standard InChI is InChI=1S/C14H23N3O2/c1-9-3-2-4-10(7-9)13-16-14(19-17-13)12-6-5-11(8-15)18-12/h9-12H,2-8,15H2,1H3. The predicted octanol–water partition coefficient (Wildman–Crippen LogP) is 2.54. The number of rotatable bonds is 3. The number of nitrogens with two attached hydrogens (primary N) is 1. The molecule has 4 atom stereocenters. The summed E-state index contributed by atoms with van der Waals surface area (Å²) in [6, 6.07) is 0. The largest absolute Gasteiger partial charge is 0.364 e. The van der Waals surface area contributed by atoms with Gasteiger partial charge >= 0.3 is 0 Å². The molecule has 0 radical (unpaired) electrons. The first-order chi connectivity index (χ1) is 9.26. The van der Waals surface area contributed by atoms with Crippen LogP contribution in [-0.2, 0) is 4.74 Å². The van der Waals surface area contributed by atoms with E-state index in [2.05, 4.69) is 17.1 Å². The van der Waals surface area contributed by atoms with Crippen molar-refractivity contribution in [1.82, 2.24) is 10.1 Å². The van der Waals surface area contributed by atoms with Gasteiger partial charge in [0.2, 0.25) is 0 Å². The van der Waals surface area contributed by atoms with Crippen LogP contribution in [0.4, 0.5) is 0 Å². The number of ether oxygens (including phenoxy) is 1. The van der Waals surface area contributed by atoms with Gasteiger partial charge in [-0.05, 0) is 31.6 Å². The van der Waals surface area contributed by atoms with Gasteiger partial charge in [-0.3, -0.25) is 0 Å². The molecule has 5 heteroatoms. The molecule has 0 amide bonds. The predicted molar refractivity (Wildman–Crippen MR) is 70.6 cm³/mol. The van der Waals surface area contributed by atoms with Crippen molar-refractivity contribution in [3.8, 4) is 0 Å². The Morgan fingerprint density at radius 1 is 1.26 bits per heavy atom. The van der Waals surface area contributed by atoms with E-state index >= 15 is 0 Å². The second-order valence-electron chi connectivity index (χ2n) is 6.02. The molecule has 1 aliphatic carbocycles. The van der Waals surface area contributed by atoms with Crippen molar-refractivity contribution in [2.75, 3.05) is 6.54 Å². The molecular weight excluding hydrogens is 242 g/mol. The molecule has 1 aromatic heterocycles. The third kappa shape index (κ3) is 2.82. The van der Waals surface area contributed by atoms with Crippen molar-refractivity contribution >= 4 is 0 Å². The van der Waals surface area contributed by atoms with Crippen LogP contribution in [0.15, 0.2) is 4.52 Å². The highest BCUT2D eigenvalue weighted by Gasteiger charge is 2.31. The Hall–Kier alpha value is -0.940. The van der Waals surface area contributed by atoms with Crippen molar-refractivity contribution in [3.63, 3.8) is 0 Å². The fraction of sp³-hybridized carbons (Fsp3) is 0.857. The zero-order valence-electron chi connectivity index (χ0n) is 11.5. The normalized spacial score (nSPS) is 35.7. The van der Waals surface area contributed by atoms with E-state index in [1.807, 2.05) is 0 Å². The highest BCUT2D eigenvalue weighted by molar-refractivity contribution is 5.00. The first-order valence-electron chi connectivity index (χ1n) is 7.45. The summed E-state index contributed by atoms with van der Waals surface area (Å²) >= 11 is 0. The summed E-state index contributed by atoms with van der Waals surface area (Å²) in [4.78, 5) is 4.58. The van der Waals surface area contributed by atoms with Gasteiger partial charge in [-0.1, -0.05) is 24.9 Å². The Morgan fingerprint density at radius 2 is 2.16 bits per heavy atom. The second kappa shape index (κ2) is 5.59. The number of aromatic nitrogens is 2. The molecule has 19 heavy (non-hydrogen) atoms. The quantitative estimate of drug-likeness (QED) is 0.909. The molecule has 1 aromatic rings. The summed E-state index contributed by atoms with van der Waals surface area (Å²) in [7, 11) is 0. The van der Waals surface area contributed by atoms with Crippen LogP contribution in [0.3, 0.4) is 0 Å². The smallest absolute Gasteiger partial charge is 0.255 e. The molecule has 0 aromatic carbocycles. The lowest BCUT2D eigenvalue weighted by Gasteiger charge is -2.23. The SMILES string of the molecule is CC1CCCC(c2noc(C3CCC(CN)O3)n2)C1. The molecule has 2 N–H and O–H groups in total. The molecule has 1 saturated heterocycles. The third-order valence-corrected chi connectivity index (χ3v) is 4.40. The van der Waals surface area contributed by atoms with E-state index < -0.39 is 0 Å². The maximum absolute atomic E-state index is 5.80. The van der Waals surface area contributed by atoms with Crippen LogP contribution in [-0.4, -0.2) is 22.8 Å². The van der Waals surface area contributed by atoms with Crippen molar-refractivity contribution in [2.24, 2.45) is 11.7 Å². The van der Waals surface area contributed by atoms with Crippen LogP contribution >= 0.6 is 0 Å². The van der Waals surface area contributed by atoms with Gasteiger partial charge in [-0.15, -0.1) is 0 Å². The van der Waals surface area contributed by atoms with Gasteiger partial charge in [-0.25, -0.2) is 0 Å². The fourth-order valence-corrected chi connectivity index (χ4v) is 3.27. The average molecular weight is 265 g/mol. The Balaban J connectivity index is 1.66. The lowest BCUT2D eigenvalue weighted by Crippen LogP contribution is -2.18. The van der Waals surface area contributed by atoms with Crippen molar-refractivity contribution in [3.05, 3.63) is 11.7 Å². The van der Waals surface area contributed by atoms with Gasteiger partial charge in [0, 0.05) is 12.5 Å². The van der Waals surface area contributed by atoms with Crippen LogP contribution in [0, 0.1) is 5.92 Å². The number of hydrogen-bond acceptors (Lipinski definition) is 5. The summed E-state index contributed by atoms with van der Waals surface area (Å²) in [5, 5.41) is 4.17. The van der Waals surface area contributed by atoms with Gasteiger partial charge in [-0.2, -0.15) is 4.98 Å². The minimum Gasteiger partial charge on any atom is -0.364 e. The fourth-order valence-electron chi connectivity index (χ4n) is 3.27. The maximum atomic E-state index is 5.80. The summed E-state index contributed by atoms with van der Waals surface area (Å²) in [5.41, 5.74) is 5.62. The van der Waals surface area contributed by atoms with Crippen LogP contribution in [0.1, 0.15) is 69.2 Å². The highest BCUT2D eigenvalue weighted by atomic mass is 16.5. The Bertz CT molecular complexity index is 421. The van der Waals surface area contributed by atoms with Crippen LogP contribution in [0.2, 0.25) is 0 Å². The van der Waals surface area contributed by atoms with E-state index in [0.717, 1.165) is 24.6 Å². The molecule has 1 aliphatic heterocycles. The van der Waals surface area contributed by atoms with Gasteiger partial charge in [0.15, 0.2) is 5.82 Å². The zero-order chi connectivity index (χ0) is 13.2. The molecule has 2 heterocycles. The Kier molecular flexibility index (Phi) is 3.84. The molecule has 0 bridgehead atoms. The van der Waals surface area contributed by atoms with Crippen molar-refractivity contribution < 1.29 is 9.26 Å². The van der Waals surface area contributed by atoms with E-state index in [1.54, 1.807) is 0 Å². The van der Waals surface area contributed by atoms with Crippen LogP contribution in [0.5, 0.6) is 0 Å². The maximum Gasteiger partial charge on any atom is 0.255 e. The Labute approximate surface area is 113 Å². The highest BCUT2D eigenvalue weighted by Crippen LogP contribution is 2.36. The van der Waals surface area contributed by atoms with Gasteiger partial charge in [0.25, 0.3) is 5.89 Å². The first kappa shape index (κ1) is 13.1. The first-order valence-corrected chi connectivity index (χ1v) is 7.45. The second-order valence-corrected chi connectivity index (χ2v) is 6.02. The molecule has 2 fully saturated rings. The summed E-state index contributed by atoms with van der Waals surface area (Å²) in [5.74, 6) is 2.75. The van der Waals surface area contributed by atoms with E-state index in [9.17, 15) is 0 Å². The molecule has 0 spiro atoms. The minimum absolute atomic E-state index is 0.0455. The monoisotopic (exact) mass is 265 g/mol. The van der Waals surface area contributed by atoms with Gasteiger partial charge in [0.05, 0.1) is 6.10 Å². The molecule has 5 nitrogen and oxygen atoms in total. The van der Waals surface area contributed by atoms with E-state index in [1.165, 1.54) is 25.7 Å². The number of nitrogens with zero attached hydrogens (tertiary/aromatic N) is 2. The molecule has 3 rings (SSSR count). The topological polar surface area (TPSA) is 74.2 Å². The zero-order valence-corrected chi connectivity index (χ0v) is 11.5. The summed E-state index contributed by atoms with van der Waals surface area (Å²) < 4.78 is 11.2. The lowest BCUT2D eigenvalue weighted by molar-refractivity contribution is 0.0307. The molecule has 4 unspecified atom stereocenters. The molecule has 2 aliphatic rings. The Morgan fingerprint density at radius 3 is 2.89 bits per heavy atom. The third-order valence-electron chi connectivity index (χ3n) is 4.40.